The zero-order valence-corrected chi connectivity index (χ0v) is 20.5. The molecule has 0 amide bonds. The van der Waals surface area contributed by atoms with E-state index in [0.717, 1.165) is 33.5 Å². The molecule has 0 aliphatic carbocycles. The second kappa shape index (κ2) is 8.34. The smallest absolute Gasteiger partial charge is 0.213 e. The summed E-state index contributed by atoms with van der Waals surface area (Å²) in [6.07, 6.45) is 0. The van der Waals surface area contributed by atoms with Crippen molar-refractivity contribution in [3.8, 4) is 5.75 Å². The zero-order valence-electron chi connectivity index (χ0n) is 19.7. The van der Waals surface area contributed by atoms with E-state index in [2.05, 4.69) is 9.47 Å². The number of aromatic nitrogens is 1. The highest BCUT2D eigenvalue weighted by Gasteiger charge is 2.55. The molecule has 1 N–H and O–H groups in total. The van der Waals surface area contributed by atoms with Gasteiger partial charge in [-0.3, -0.25) is 4.90 Å². The maximum absolute atomic E-state index is 13.5. The van der Waals surface area contributed by atoms with Crippen molar-refractivity contribution in [2.45, 2.75) is 24.9 Å². The molecule has 1 saturated heterocycles. The lowest BCUT2D eigenvalue weighted by Crippen LogP contribution is -2.67. The van der Waals surface area contributed by atoms with Crippen LogP contribution in [0.1, 0.15) is 29.8 Å². The summed E-state index contributed by atoms with van der Waals surface area (Å²) >= 11 is 0. The van der Waals surface area contributed by atoms with E-state index >= 15 is 0 Å². The molecule has 182 valence electrons. The van der Waals surface area contributed by atoms with Crippen LogP contribution in [0.25, 0.3) is 10.9 Å². The summed E-state index contributed by atoms with van der Waals surface area (Å²) < 4.78 is 47.8. The number of halogens is 1. The number of aryl methyl sites for hydroxylation is 1. The monoisotopic (exact) mass is 487 g/mol. The summed E-state index contributed by atoms with van der Waals surface area (Å²) in [6.45, 7) is 3.52. The van der Waals surface area contributed by atoms with Gasteiger partial charge in [0.15, 0.2) is 0 Å². The fourth-order valence-corrected chi connectivity index (χ4v) is 6.97. The van der Waals surface area contributed by atoms with E-state index in [-0.39, 0.29) is 24.2 Å². The average molecular weight is 488 g/mol. The van der Waals surface area contributed by atoms with E-state index in [9.17, 15) is 17.9 Å². The van der Waals surface area contributed by atoms with Crippen molar-refractivity contribution in [2.75, 3.05) is 39.1 Å². The predicted octanol–water partition coefficient (Wildman–Crippen LogP) is 2.78. The number of fused-ring (bicyclic) bond motifs is 4. The molecule has 1 atom stereocenters. The Bertz CT molecular complexity index is 1330. The van der Waals surface area contributed by atoms with Crippen molar-refractivity contribution in [3.63, 3.8) is 0 Å². The van der Waals surface area contributed by atoms with Crippen LogP contribution in [0, 0.1) is 5.82 Å². The molecule has 5 rings (SSSR count). The number of nitrogens with zero attached hydrogens (tertiary/aromatic N) is 3. The van der Waals surface area contributed by atoms with Crippen molar-refractivity contribution in [3.05, 3.63) is 65.1 Å². The Morgan fingerprint density at radius 2 is 1.85 bits per heavy atom. The molecule has 3 aromatic rings. The van der Waals surface area contributed by atoms with E-state index in [0.29, 0.717) is 26.2 Å². The molecule has 2 aliphatic heterocycles. The van der Waals surface area contributed by atoms with Crippen molar-refractivity contribution in [2.24, 2.45) is 7.05 Å². The molecule has 1 fully saturated rings. The zero-order chi connectivity index (χ0) is 24.3. The SMILES string of the molecule is CCS(=O)(=O)N1CC2(CN(Cc3ccc(F)cc3)[C@H](CO)c3c2c2ccc(OC)cc2n3C)C1. The van der Waals surface area contributed by atoms with Crippen molar-refractivity contribution < 1.29 is 22.7 Å². The average Bonchev–Trinajstić information content (AvgIpc) is 3.10. The van der Waals surface area contributed by atoms with Gasteiger partial charge < -0.3 is 14.4 Å². The first-order chi connectivity index (χ1) is 16.2. The Kier molecular flexibility index (Phi) is 5.71. The maximum Gasteiger partial charge on any atom is 0.213 e. The number of benzene rings is 2. The third-order valence-corrected chi connectivity index (χ3v) is 9.21. The van der Waals surface area contributed by atoms with Gasteiger partial charge in [-0.1, -0.05) is 12.1 Å². The van der Waals surface area contributed by atoms with Crippen LogP contribution in [0.3, 0.4) is 0 Å². The Hall–Kier alpha value is -2.46. The highest BCUT2D eigenvalue weighted by atomic mass is 32.2. The second-order valence-corrected chi connectivity index (χ2v) is 11.6. The van der Waals surface area contributed by atoms with Crippen LogP contribution in [-0.4, -0.2) is 66.4 Å². The van der Waals surface area contributed by atoms with Gasteiger partial charge >= 0.3 is 0 Å². The van der Waals surface area contributed by atoms with Gasteiger partial charge in [0.1, 0.15) is 11.6 Å². The predicted molar refractivity (Wildman–Crippen MR) is 129 cm³/mol. The number of sulfonamides is 1. The maximum atomic E-state index is 13.5. The Morgan fingerprint density at radius 3 is 2.47 bits per heavy atom. The lowest BCUT2D eigenvalue weighted by atomic mass is 9.70. The molecule has 1 spiro atoms. The first-order valence-corrected chi connectivity index (χ1v) is 13.1. The van der Waals surface area contributed by atoms with Crippen LogP contribution >= 0.6 is 0 Å². The van der Waals surface area contributed by atoms with Gasteiger partial charge in [-0.15, -0.1) is 0 Å². The molecule has 2 aliphatic rings. The number of aliphatic hydroxyl groups is 1. The standard InChI is InChI=1S/C25H30FN3O4S/c1-4-34(31,32)29-15-25(16-29)14-28(12-17-5-7-18(26)8-6-17)22(13-30)24-23(25)20-10-9-19(33-3)11-21(20)27(24)2/h5-11,22,30H,4,12-16H2,1-3H3/t22-/m1/s1. The molecule has 34 heavy (non-hydrogen) atoms. The summed E-state index contributed by atoms with van der Waals surface area (Å²) in [6, 6.07) is 12.1. The molecule has 0 bridgehead atoms. The van der Waals surface area contributed by atoms with Gasteiger partial charge in [0.05, 0.1) is 31.0 Å². The summed E-state index contributed by atoms with van der Waals surface area (Å²) in [7, 11) is 0.315. The highest BCUT2D eigenvalue weighted by molar-refractivity contribution is 7.89. The van der Waals surface area contributed by atoms with Gasteiger partial charge in [0.2, 0.25) is 10.0 Å². The number of aliphatic hydroxyl groups excluding tert-OH is 1. The summed E-state index contributed by atoms with van der Waals surface area (Å²) in [5, 5.41) is 11.6. The Morgan fingerprint density at radius 1 is 1.15 bits per heavy atom. The quantitative estimate of drug-likeness (QED) is 0.579. The third kappa shape index (κ3) is 3.53. The van der Waals surface area contributed by atoms with Crippen LogP contribution < -0.4 is 4.74 Å². The first kappa shape index (κ1) is 23.3. The minimum Gasteiger partial charge on any atom is -0.497 e. The molecule has 0 radical (unpaired) electrons. The van der Waals surface area contributed by atoms with E-state index in [1.54, 1.807) is 30.5 Å². The largest absolute Gasteiger partial charge is 0.497 e. The summed E-state index contributed by atoms with van der Waals surface area (Å²) in [5.41, 5.74) is 3.65. The topological polar surface area (TPSA) is 75.0 Å². The first-order valence-electron chi connectivity index (χ1n) is 11.5. The Balaban J connectivity index is 1.65. The normalized spacial score (nSPS) is 20.4. The number of rotatable bonds is 6. The van der Waals surface area contributed by atoms with Crippen molar-refractivity contribution in [1.82, 2.24) is 13.8 Å². The van der Waals surface area contributed by atoms with Crippen LogP contribution in [0.15, 0.2) is 42.5 Å². The van der Waals surface area contributed by atoms with Crippen LogP contribution in [0.4, 0.5) is 4.39 Å². The van der Waals surface area contributed by atoms with E-state index < -0.39 is 15.4 Å². The fraction of sp³-hybridized carbons (Fsp3) is 0.440. The molecular weight excluding hydrogens is 457 g/mol. The lowest BCUT2D eigenvalue weighted by Gasteiger charge is -2.55. The lowest BCUT2D eigenvalue weighted by molar-refractivity contribution is 0.0242. The van der Waals surface area contributed by atoms with E-state index in [1.807, 2.05) is 25.2 Å². The molecule has 9 heteroatoms. The third-order valence-electron chi connectivity index (χ3n) is 7.43. The van der Waals surface area contributed by atoms with Crippen LogP contribution in [0.5, 0.6) is 5.75 Å². The van der Waals surface area contributed by atoms with Crippen LogP contribution in [-0.2, 0) is 29.0 Å². The number of ether oxygens (including phenoxy) is 1. The summed E-state index contributed by atoms with van der Waals surface area (Å²) in [4.78, 5) is 2.20. The molecule has 1 aromatic heterocycles. The second-order valence-electron chi connectivity index (χ2n) is 9.38. The van der Waals surface area contributed by atoms with Gasteiger partial charge in [-0.2, -0.15) is 4.31 Å². The molecule has 0 saturated carbocycles. The Labute approximate surface area is 199 Å². The van der Waals surface area contributed by atoms with Gasteiger partial charge in [0, 0.05) is 55.8 Å². The van der Waals surface area contributed by atoms with Crippen molar-refractivity contribution in [1.29, 1.82) is 0 Å². The van der Waals surface area contributed by atoms with E-state index in [4.69, 9.17) is 4.74 Å². The molecule has 0 unspecified atom stereocenters. The van der Waals surface area contributed by atoms with E-state index in [1.165, 1.54) is 12.1 Å². The van der Waals surface area contributed by atoms with Gasteiger partial charge in [-0.05, 0) is 42.3 Å². The van der Waals surface area contributed by atoms with Crippen molar-refractivity contribution >= 4 is 20.9 Å². The number of methoxy groups -OCH3 is 1. The minimum absolute atomic E-state index is 0.0707. The van der Waals surface area contributed by atoms with Gasteiger partial charge in [-0.25, -0.2) is 12.8 Å². The minimum atomic E-state index is -3.30. The highest BCUT2D eigenvalue weighted by Crippen LogP contribution is 2.50. The molecule has 7 nitrogen and oxygen atoms in total. The molecule has 3 heterocycles. The fourth-order valence-electron chi connectivity index (χ4n) is 5.72. The van der Waals surface area contributed by atoms with Crippen LogP contribution in [0.2, 0.25) is 0 Å². The number of hydrogen-bond acceptors (Lipinski definition) is 5. The van der Waals surface area contributed by atoms with Gasteiger partial charge in [0.25, 0.3) is 0 Å². The summed E-state index contributed by atoms with van der Waals surface area (Å²) in [5.74, 6) is 0.523. The number of hydrogen-bond donors (Lipinski definition) is 1. The molecular formula is C25H30FN3O4S. The molecule has 2 aromatic carbocycles.